The molecule has 4 heteroatoms. The topological polar surface area (TPSA) is 49.8 Å². The molecule has 4 rings (SSSR count). The third-order valence-corrected chi connectivity index (χ3v) is 5.20. The second kappa shape index (κ2) is 7.77. The Hall–Kier alpha value is -3.27. The van der Waals surface area contributed by atoms with Crippen molar-refractivity contribution < 1.29 is 14.6 Å². The maximum atomic E-state index is 11.8. The normalized spacial score (nSPS) is 15.0. The van der Waals surface area contributed by atoms with Crippen molar-refractivity contribution in [2.45, 2.75) is 26.0 Å². The van der Waals surface area contributed by atoms with Crippen molar-refractivity contribution in [3.05, 3.63) is 89.5 Å². The van der Waals surface area contributed by atoms with Crippen LogP contribution in [0.1, 0.15) is 16.7 Å². The molecule has 142 valence electrons. The number of carbonyl (C=O) groups is 1. The van der Waals surface area contributed by atoms with Crippen LogP contribution in [0.5, 0.6) is 5.75 Å². The molecule has 1 atom stereocenters. The summed E-state index contributed by atoms with van der Waals surface area (Å²) in [6.45, 7) is 2.80. The number of nitrogens with zero attached hydrogens (tertiary/aromatic N) is 1. The molecule has 1 heterocycles. The second-order valence-electron chi connectivity index (χ2n) is 7.19. The smallest absolute Gasteiger partial charge is 0.407 e. The van der Waals surface area contributed by atoms with Gasteiger partial charge in [-0.2, -0.15) is 0 Å². The maximum absolute atomic E-state index is 11.8. The number of benzene rings is 3. The SMILES string of the molecule is Cc1ccccc1-c1cccc2c1CC(CN(Cc1ccccc1)C(=O)O)O2. The first-order valence-electron chi connectivity index (χ1n) is 9.48. The lowest BCUT2D eigenvalue weighted by atomic mass is 9.94. The number of fused-ring (bicyclic) bond motifs is 1. The van der Waals surface area contributed by atoms with E-state index in [9.17, 15) is 9.90 Å². The minimum atomic E-state index is -0.928. The number of rotatable bonds is 5. The molecule has 1 aliphatic rings. The van der Waals surface area contributed by atoms with Gasteiger partial charge in [-0.15, -0.1) is 0 Å². The summed E-state index contributed by atoms with van der Waals surface area (Å²) in [5.74, 6) is 0.857. The Kier molecular flexibility index (Phi) is 5.02. The summed E-state index contributed by atoms with van der Waals surface area (Å²) in [4.78, 5) is 13.2. The van der Waals surface area contributed by atoms with Crippen LogP contribution >= 0.6 is 0 Å². The predicted octanol–water partition coefficient (Wildman–Crippen LogP) is 5.15. The molecule has 1 aliphatic heterocycles. The van der Waals surface area contributed by atoms with Gasteiger partial charge in [-0.3, -0.25) is 0 Å². The van der Waals surface area contributed by atoms with Crippen LogP contribution in [0.4, 0.5) is 4.79 Å². The molecule has 28 heavy (non-hydrogen) atoms. The van der Waals surface area contributed by atoms with Crippen molar-refractivity contribution in [1.82, 2.24) is 4.90 Å². The highest BCUT2D eigenvalue weighted by Gasteiger charge is 2.29. The molecule has 0 aliphatic carbocycles. The van der Waals surface area contributed by atoms with E-state index < -0.39 is 6.09 Å². The molecule has 1 amide bonds. The molecule has 3 aromatic rings. The van der Waals surface area contributed by atoms with Gasteiger partial charge in [0.25, 0.3) is 0 Å². The zero-order chi connectivity index (χ0) is 19.5. The van der Waals surface area contributed by atoms with E-state index >= 15 is 0 Å². The van der Waals surface area contributed by atoms with Gasteiger partial charge in [0.2, 0.25) is 0 Å². The minimum absolute atomic E-state index is 0.181. The Morgan fingerprint density at radius 3 is 2.46 bits per heavy atom. The lowest BCUT2D eigenvalue weighted by Gasteiger charge is -2.22. The monoisotopic (exact) mass is 373 g/mol. The number of ether oxygens (including phenoxy) is 1. The highest BCUT2D eigenvalue weighted by molar-refractivity contribution is 5.73. The zero-order valence-electron chi connectivity index (χ0n) is 15.8. The van der Waals surface area contributed by atoms with Crippen molar-refractivity contribution in [2.75, 3.05) is 6.54 Å². The highest BCUT2D eigenvalue weighted by atomic mass is 16.5. The quantitative estimate of drug-likeness (QED) is 0.673. The van der Waals surface area contributed by atoms with Crippen LogP contribution in [-0.4, -0.2) is 28.7 Å². The fraction of sp³-hybridized carbons (Fsp3) is 0.208. The fourth-order valence-corrected chi connectivity index (χ4v) is 3.82. The Morgan fingerprint density at radius 2 is 1.71 bits per heavy atom. The Bertz CT molecular complexity index is 984. The van der Waals surface area contributed by atoms with Gasteiger partial charge in [0, 0.05) is 18.5 Å². The number of hydrogen-bond donors (Lipinski definition) is 1. The molecular weight excluding hydrogens is 350 g/mol. The summed E-state index contributed by atoms with van der Waals surface area (Å²) in [5, 5.41) is 9.65. The summed E-state index contributed by atoms with van der Waals surface area (Å²) < 4.78 is 6.12. The van der Waals surface area contributed by atoms with Crippen LogP contribution in [0.3, 0.4) is 0 Å². The molecule has 1 unspecified atom stereocenters. The van der Waals surface area contributed by atoms with E-state index in [1.807, 2.05) is 54.6 Å². The average Bonchev–Trinajstić information content (AvgIpc) is 3.11. The minimum Gasteiger partial charge on any atom is -0.488 e. The highest BCUT2D eigenvalue weighted by Crippen LogP contribution is 2.38. The van der Waals surface area contributed by atoms with Crippen molar-refractivity contribution in [1.29, 1.82) is 0 Å². The zero-order valence-corrected chi connectivity index (χ0v) is 15.8. The summed E-state index contributed by atoms with van der Waals surface area (Å²) in [6.07, 6.45) is -0.402. The summed E-state index contributed by atoms with van der Waals surface area (Å²) in [6, 6.07) is 24.1. The molecule has 0 bridgehead atoms. The van der Waals surface area contributed by atoms with Crippen LogP contribution in [0.15, 0.2) is 72.8 Å². The second-order valence-corrected chi connectivity index (χ2v) is 7.19. The third kappa shape index (κ3) is 3.72. The molecule has 0 radical (unpaired) electrons. The van der Waals surface area contributed by atoms with Gasteiger partial charge in [0.05, 0.1) is 6.54 Å². The van der Waals surface area contributed by atoms with Gasteiger partial charge >= 0.3 is 6.09 Å². The Morgan fingerprint density at radius 1 is 1.00 bits per heavy atom. The standard InChI is InChI=1S/C24H23NO3/c1-17-8-5-6-11-20(17)21-12-7-13-23-22(21)14-19(28-23)16-25(24(26)27)15-18-9-3-2-4-10-18/h2-13,19H,14-16H2,1H3,(H,26,27). The van der Waals surface area contributed by atoms with Gasteiger partial charge in [-0.05, 0) is 35.2 Å². The lowest BCUT2D eigenvalue weighted by Crippen LogP contribution is -2.37. The summed E-state index contributed by atoms with van der Waals surface area (Å²) in [5.41, 5.74) is 5.72. The van der Waals surface area contributed by atoms with Crippen LogP contribution in [0.2, 0.25) is 0 Å². The van der Waals surface area contributed by atoms with E-state index in [0.29, 0.717) is 19.5 Å². The molecular formula is C24H23NO3. The first-order valence-corrected chi connectivity index (χ1v) is 9.48. The molecule has 0 saturated heterocycles. The van der Waals surface area contributed by atoms with Crippen molar-refractivity contribution in [3.63, 3.8) is 0 Å². The van der Waals surface area contributed by atoms with E-state index in [2.05, 4.69) is 25.1 Å². The van der Waals surface area contributed by atoms with Gasteiger partial charge in [-0.25, -0.2) is 4.79 Å². The van der Waals surface area contributed by atoms with Crippen molar-refractivity contribution in [3.8, 4) is 16.9 Å². The summed E-state index contributed by atoms with van der Waals surface area (Å²) in [7, 11) is 0. The number of aryl methyl sites for hydroxylation is 1. The van der Waals surface area contributed by atoms with Crippen LogP contribution in [-0.2, 0) is 13.0 Å². The molecule has 3 aromatic carbocycles. The third-order valence-electron chi connectivity index (χ3n) is 5.20. The average molecular weight is 373 g/mol. The molecule has 0 aromatic heterocycles. The van der Waals surface area contributed by atoms with Gasteiger partial charge < -0.3 is 14.7 Å². The first kappa shape index (κ1) is 18.1. The van der Waals surface area contributed by atoms with Gasteiger partial charge in [0.15, 0.2) is 0 Å². The number of hydrogen-bond acceptors (Lipinski definition) is 2. The Labute approximate surface area is 165 Å². The largest absolute Gasteiger partial charge is 0.488 e. The Balaban J connectivity index is 1.54. The van der Waals surface area contributed by atoms with E-state index in [0.717, 1.165) is 16.9 Å². The van der Waals surface area contributed by atoms with Crippen molar-refractivity contribution >= 4 is 6.09 Å². The molecule has 0 spiro atoms. The van der Waals surface area contributed by atoms with Crippen LogP contribution < -0.4 is 4.74 Å². The van der Waals surface area contributed by atoms with E-state index in [1.165, 1.54) is 21.6 Å². The van der Waals surface area contributed by atoms with E-state index in [1.54, 1.807) is 0 Å². The molecule has 0 fully saturated rings. The van der Waals surface area contributed by atoms with Crippen LogP contribution in [0, 0.1) is 6.92 Å². The first-order chi connectivity index (χ1) is 13.6. The van der Waals surface area contributed by atoms with E-state index in [-0.39, 0.29) is 6.10 Å². The van der Waals surface area contributed by atoms with Gasteiger partial charge in [0.1, 0.15) is 11.9 Å². The van der Waals surface area contributed by atoms with Gasteiger partial charge in [-0.1, -0.05) is 66.7 Å². The molecule has 1 N–H and O–H groups in total. The van der Waals surface area contributed by atoms with Crippen LogP contribution in [0.25, 0.3) is 11.1 Å². The number of carboxylic acid groups (broad SMARTS) is 1. The fourth-order valence-electron chi connectivity index (χ4n) is 3.82. The summed E-state index contributed by atoms with van der Waals surface area (Å²) >= 11 is 0. The molecule has 0 saturated carbocycles. The predicted molar refractivity (Wildman–Crippen MR) is 110 cm³/mol. The number of amides is 1. The maximum Gasteiger partial charge on any atom is 0.407 e. The molecule has 4 nitrogen and oxygen atoms in total. The van der Waals surface area contributed by atoms with Crippen molar-refractivity contribution in [2.24, 2.45) is 0 Å². The van der Waals surface area contributed by atoms with E-state index in [4.69, 9.17) is 4.74 Å². The lowest BCUT2D eigenvalue weighted by molar-refractivity contribution is 0.113.